The van der Waals surface area contributed by atoms with E-state index in [4.69, 9.17) is 9.84 Å². The number of aliphatic hydroxyl groups is 4. The highest BCUT2D eigenvalue weighted by Gasteiger charge is 2.44. The summed E-state index contributed by atoms with van der Waals surface area (Å²) < 4.78 is 4.95. The van der Waals surface area contributed by atoms with Crippen LogP contribution in [0.25, 0.3) is 0 Å². The molecule has 0 spiro atoms. The maximum atomic E-state index is 11.9. The molecular weight excluding hydrogens is 266 g/mol. The Labute approximate surface area is 115 Å². The number of amides is 1. The van der Waals surface area contributed by atoms with Crippen molar-refractivity contribution in [2.24, 2.45) is 0 Å². The zero-order valence-electron chi connectivity index (χ0n) is 10.6. The van der Waals surface area contributed by atoms with Crippen molar-refractivity contribution in [1.29, 1.82) is 0 Å². The lowest BCUT2D eigenvalue weighted by Gasteiger charge is -2.40. The van der Waals surface area contributed by atoms with Crippen LogP contribution < -0.4 is 5.32 Å². The summed E-state index contributed by atoms with van der Waals surface area (Å²) in [5.41, 5.74) is 0.352. The highest BCUT2D eigenvalue weighted by Crippen LogP contribution is 2.20. The van der Waals surface area contributed by atoms with E-state index in [0.717, 1.165) is 0 Å². The summed E-state index contributed by atoms with van der Waals surface area (Å²) in [4.78, 5) is 11.9. The van der Waals surface area contributed by atoms with E-state index in [2.05, 4.69) is 5.32 Å². The summed E-state index contributed by atoms with van der Waals surface area (Å²) in [5, 5.41) is 40.7. The van der Waals surface area contributed by atoms with Gasteiger partial charge in [-0.3, -0.25) is 4.79 Å². The largest absolute Gasteiger partial charge is 0.394 e. The van der Waals surface area contributed by atoms with E-state index in [0.29, 0.717) is 5.56 Å². The average Bonchev–Trinajstić information content (AvgIpc) is 2.48. The van der Waals surface area contributed by atoms with E-state index in [1.807, 2.05) is 0 Å². The molecule has 0 aromatic heterocycles. The summed E-state index contributed by atoms with van der Waals surface area (Å²) in [5.74, 6) is -0.507. The third kappa shape index (κ3) is 2.97. The van der Waals surface area contributed by atoms with E-state index in [1.54, 1.807) is 30.3 Å². The molecule has 20 heavy (non-hydrogen) atoms. The molecule has 0 saturated carbocycles. The van der Waals surface area contributed by atoms with Gasteiger partial charge < -0.3 is 30.5 Å². The number of hydrogen-bond donors (Lipinski definition) is 5. The molecule has 1 fully saturated rings. The number of benzene rings is 1. The van der Waals surface area contributed by atoms with Gasteiger partial charge in [0, 0.05) is 5.56 Å². The minimum atomic E-state index is -1.52. The molecule has 110 valence electrons. The molecule has 2 rings (SSSR count). The first-order valence-electron chi connectivity index (χ1n) is 6.21. The summed E-state index contributed by atoms with van der Waals surface area (Å²) in [6.45, 7) is -0.547. The zero-order chi connectivity index (χ0) is 14.7. The fourth-order valence-corrected chi connectivity index (χ4v) is 2.08. The molecule has 1 amide bonds. The predicted octanol–water partition coefficient (Wildman–Crippen LogP) is -1.78. The van der Waals surface area contributed by atoms with Crippen molar-refractivity contribution in [3.63, 3.8) is 0 Å². The molecule has 7 nitrogen and oxygen atoms in total. The highest BCUT2D eigenvalue weighted by atomic mass is 16.6. The van der Waals surface area contributed by atoms with Crippen LogP contribution in [-0.4, -0.2) is 63.6 Å². The lowest BCUT2D eigenvalue weighted by Crippen LogP contribution is -2.64. The number of nitrogens with one attached hydrogen (secondary N) is 1. The topological polar surface area (TPSA) is 119 Å². The number of carbonyl (C=O) groups excluding carboxylic acids is 1. The first kappa shape index (κ1) is 14.9. The van der Waals surface area contributed by atoms with Gasteiger partial charge in [-0.25, -0.2) is 0 Å². The van der Waals surface area contributed by atoms with Gasteiger partial charge in [0.15, 0.2) is 6.29 Å². The van der Waals surface area contributed by atoms with Gasteiger partial charge in [-0.05, 0) is 12.1 Å². The van der Waals surface area contributed by atoms with Gasteiger partial charge in [0.2, 0.25) is 0 Å². The Bertz CT molecular complexity index is 453. The summed E-state index contributed by atoms with van der Waals surface area (Å²) >= 11 is 0. The molecular formula is C13H17NO6. The van der Waals surface area contributed by atoms with Crippen LogP contribution in [0.15, 0.2) is 30.3 Å². The molecule has 1 aromatic carbocycles. The van der Waals surface area contributed by atoms with Crippen LogP contribution in [0, 0.1) is 0 Å². The molecule has 7 heteroatoms. The monoisotopic (exact) mass is 283 g/mol. The van der Waals surface area contributed by atoms with Crippen molar-refractivity contribution in [1.82, 2.24) is 5.32 Å². The Morgan fingerprint density at radius 2 is 1.80 bits per heavy atom. The first-order chi connectivity index (χ1) is 9.54. The number of ether oxygens (including phenoxy) is 1. The van der Waals surface area contributed by atoms with Gasteiger partial charge in [0.25, 0.3) is 5.91 Å². The Balaban J connectivity index is 2.07. The van der Waals surface area contributed by atoms with Crippen LogP contribution in [0.5, 0.6) is 0 Å². The molecule has 1 aromatic rings. The molecule has 0 bridgehead atoms. The molecule has 5 N–H and O–H groups in total. The van der Waals surface area contributed by atoms with E-state index < -0.39 is 43.2 Å². The number of aliphatic hydroxyl groups excluding tert-OH is 4. The lowest BCUT2D eigenvalue weighted by atomic mass is 9.97. The van der Waals surface area contributed by atoms with E-state index in [-0.39, 0.29) is 0 Å². The van der Waals surface area contributed by atoms with Gasteiger partial charge in [-0.15, -0.1) is 0 Å². The summed E-state index contributed by atoms with van der Waals surface area (Å²) in [6.07, 6.45) is -5.45. The lowest BCUT2D eigenvalue weighted by molar-refractivity contribution is -0.252. The van der Waals surface area contributed by atoms with Crippen molar-refractivity contribution in [2.45, 2.75) is 30.6 Å². The third-order valence-electron chi connectivity index (χ3n) is 3.23. The van der Waals surface area contributed by atoms with E-state index in [1.165, 1.54) is 0 Å². The summed E-state index contributed by atoms with van der Waals surface area (Å²) in [6, 6.07) is 7.07. The number of rotatable bonds is 3. The van der Waals surface area contributed by atoms with Crippen LogP contribution >= 0.6 is 0 Å². The molecule has 2 unspecified atom stereocenters. The predicted molar refractivity (Wildman–Crippen MR) is 67.7 cm³/mol. The maximum absolute atomic E-state index is 11.9. The van der Waals surface area contributed by atoms with Gasteiger partial charge in [-0.2, -0.15) is 0 Å². The van der Waals surface area contributed by atoms with Gasteiger partial charge >= 0.3 is 0 Å². The third-order valence-corrected chi connectivity index (χ3v) is 3.23. The fraction of sp³-hybridized carbons (Fsp3) is 0.462. The molecule has 1 heterocycles. The van der Waals surface area contributed by atoms with Crippen LogP contribution in [-0.2, 0) is 4.74 Å². The second-order valence-corrected chi connectivity index (χ2v) is 4.59. The SMILES string of the molecule is O=C(NC1[C@H](O)OC(CO)[C@H](O)[C@@H]1O)c1ccccc1. The average molecular weight is 283 g/mol. The Morgan fingerprint density at radius 1 is 1.15 bits per heavy atom. The van der Waals surface area contributed by atoms with Crippen LogP contribution in [0.1, 0.15) is 10.4 Å². The maximum Gasteiger partial charge on any atom is 0.251 e. The van der Waals surface area contributed by atoms with Crippen LogP contribution in [0.2, 0.25) is 0 Å². The van der Waals surface area contributed by atoms with Crippen molar-refractivity contribution >= 4 is 5.91 Å². The Kier molecular flexibility index (Phi) is 4.69. The minimum Gasteiger partial charge on any atom is -0.394 e. The summed E-state index contributed by atoms with van der Waals surface area (Å²) in [7, 11) is 0. The Morgan fingerprint density at radius 3 is 2.40 bits per heavy atom. The van der Waals surface area contributed by atoms with E-state index in [9.17, 15) is 20.1 Å². The molecule has 1 aliphatic heterocycles. The van der Waals surface area contributed by atoms with Crippen molar-refractivity contribution in [2.75, 3.05) is 6.61 Å². The second kappa shape index (κ2) is 6.29. The standard InChI is InChI=1S/C13H17NO6/c15-6-8-10(16)11(17)9(13(19)20-8)14-12(18)7-4-2-1-3-5-7/h1-5,8-11,13,15-17,19H,6H2,(H,14,18)/t8?,9?,10-,11+,13+/m0/s1. The number of carbonyl (C=O) groups is 1. The van der Waals surface area contributed by atoms with Crippen LogP contribution in [0.4, 0.5) is 0 Å². The highest BCUT2D eigenvalue weighted by molar-refractivity contribution is 5.94. The quantitative estimate of drug-likeness (QED) is 0.447. The Hall–Kier alpha value is -1.51. The normalized spacial score (nSPS) is 33.7. The van der Waals surface area contributed by atoms with Crippen LogP contribution in [0.3, 0.4) is 0 Å². The molecule has 0 aliphatic carbocycles. The fourth-order valence-electron chi connectivity index (χ4n) is 2.08. The first-order valence-corrected chi connectivity index (χ1v) is 6.21. The van der Waals surface area contributed by atoms with Gasteiger partial charge in [-0.1, -0.05) is 18.2 Å². The van der Waals surface area contributed by atoms with Crippen molar-refractivity contribution in [3.8, 4) is 0 Å². The molecule has 1 saturated heterocycles. The smallest absolute Gasteiger partial charge is 0.251 e. The number of hydrogen-bond acceptors (Lipinski definition) is 6. The minimum absolute atomic E-state index is 0.352. The van der Waals surface area contributed by atoms with E-state index >= 15 is 0 Å². The van der Waals surface area contributed by atoms with Crippen molar-refractivity contribution < 1.29 is 30.0 Å². The molecule has 1 aliphatic rings. The zero-order valence-corrected chi connectivity index (χ0v) is 10.6. The second-order valence-electron chi connectivity index (χ2n) is 4.59. The van der Waals surface area contributed by atoms with Gasteiger partial charge in [0.05, 0.1) is 6.61 Å². The van der Waals surface area contributed by atoms with Crippen molar-refractivity contribution in [3.05, 3.63) is 35.9 Å². The van der Waals surface area contributed by atoms with Gasteiger partial charge in [0.1, 0.15) is 24.4 Å². The molecule has 0 radical (unpaired) electrons. The molecule has 5 atom stereocenters.